The van der Waals surface area contributed by atoms with Gasteiger partial charge in [0.15, 0.2) is 0 Å². The van der Waals surface area contributed by atoms with E-state index < -0.39 is 0 Å². The van der Waals surface area contributed by atoms with Crippen molar-refractivity contribution in [2.75, 3.05) is 0 Å². The van der Waals surface area contributed by atoms with Crippen LogP contribution >= 0.6 is 11.6 Å². The Morgan fingerprint density at radius 1 is 1.14 bits per heavy atom. The third-order valence-corrected chi connectivity index (χ3v) is 3.67. The van der Waals surface area contributed by atoms with E-state index in [0.29, 0.717) is 5.56 Å². The molecule has 1 heterocycles. The van der Waals surface area contributed by atoms with Crippen LogP contribution < -0.4 is 5.32 Å². The summed E-state index contributed by atoms with van der Waals surface area (Å²) in [6.45, 7) is 1.49. The molecular weight excluding hydrogens is 282 g/mol. The molecule has 2 N–H and O–H groups in total. The summed E-state index contributed by atoms with van der Waals surface area (Å²) in [5.74, 6) is 0. The van der Waals surface area contributed by atoms with Gasteiger partial charge in [0.2, 0.25) is 0 Å². The number of hydrogen-bond acceptors (Lipinski definition) is 2. The predicted molar refractivity (Wildman–Crippen MR) is 85.0 cm³/mol. The van der Waals surface area contributed by atoms with Crippen molar-refractivity contribution in [3.63, 3.8) is 0 Å². The Morgan fingerprint density at radius 3 is 2.90 bits per heavy atom. The van der Waals surface area contributed by atoms with Gasteiger partial charge in [-0.1, -0.05) is 29.8 Å². The van der Waals surface area contributed by atoms with Crippen molar-refractivity contribution in [1.82, 2.24) is 10.3 Å². The van der Waals surface area contributed by atoms with Gasteiger partial charge in [0.25, 0.3) is 0 Å². The van der Waals surface area contributed by atoms with Gasteiger partial charge in [0.05, 0.1) is 11.6 Å². The summed E-state index contributed by atoms with van der Waals surface area (Å²) < 4.78 is 0. The van der Waals surface area contributed by atoms with Crippen molar-refractivity contribution in [2.45, 2.75) is 13.1 Å². The number of nitriles is 1. The Kier molecular flexibility index (Phi) is 3.92. The van der Waals surface area contributed by atoms with Gasteiger partial charge >= 0.3 is 0 Å². The van der Waals surface area contributed by atoms with Crippen LogP contribution in [0, 0.1) is 11.3 Å². The zero-order valence-electron chi connectivity index (χ0n) is 11.4. The molecule has 0 radical (unpaired) electrons. The molecule has 0 saturated heterocycles. The highest BCUT2D eigenvalue weighted by atomic mass is 35.5. The topological polar surface area (TPSA) is 51.6 Å². The lowest BCUT2D eigenvalue weighted by Gasteiger charge is -2.05. The van der Waals surface area contributed by atoms with Crippen molar-refractivity contribution in [2.24, 2.45) is 0 Å². The van der Waals surface area contributed by atoms with E-state index in [1.54, 1.807) is 0 Å². The van der Waals surface area contributed by atoms with Crippen molar-refractivity contribution in [3.05, 3.63) is 70.4 Å². The molecular formula is C17H14ClN3. The van der Waals surface area contributed by atoms with Gasteiger partial charge in [-0.2, -0.15) is 5.26 Å². The van der Waals surface area contributed by atoms with Crippen LogP contribution in [0.3, 0.4) is 0 Å². The molecule has 0 aliphatic carbocycles. The smallest absolute Gasteiger partial charge is 0.0991 e. The molecule has 0 bridgehead atoms. The Morgan fingerprint density at radius 2 is 2.05 bits per heavy atom. The normalized spacial score (nSPS) is 10.7. The van der Waals surface area contributed by atoms with Crippen LogP contribution in [0.15, 0.2) is 48.7 Å². The number of benzene rings is 2. The Bertz CT molecular complexity index is 814. The number of fused-ring (bicyclic) bond motifs is 1. The highest BCUT2D eigenvalue weighted by Gasteiger charge is 2.04. The van der Waals surface area contributed by atoms with Gasteiger partial charge in [0.1, 0.15) is 0 Å². The molecule has 4 heteroatoms. The van der Waals surface area contributed by atoms with Crippen molar-refractivity contribution >= 4 is 22.5 Å². The average Bonchev–Trinajstić information content (AvgIpc) is 2.90. The summed E-state index contributed by atoms with van der Waals surface area (Å²) >= 11 is 5.98. The second-order valence-corrected chi connectivity index (χ2v) is 5.36. The fourth-order valence-electron chi connectivity index (χ4n) is 2.40. The molecule has 104 valence electrons. The first-order chi connectivity index (χ1) is 10.3. The predicted octanol–water partition coefficient (Wildman–Crippen LogP) is 3.98. The molecule has 2 aromatic carbocycles. The maximum absolute atomic E-state index is 8.89. The van der Waals surface area contributed by atoms with E-state index in [0.717, 1.165) is 29.2 Å². The van der Waals surface area contributed by atoms with E-state index in [1.165, 1.54) is 10.9 Å². The highest BCUT2D eigenvalue weighted by molar-refractivity contribution is 6.31. The Balaban J connectivity index is 1.68. The summed E-state index contributed by atoms with van der Waals surface area (Å²) in [7, 11) is 0. The molecule has 0 amide bonds. The molecule has 0 saturated carbocycles. The van der Waals surface area contributed by atoms with Crippen LogP contribution in [0.5, 0.6) is 0 Å². The van der Waals surface area contributed by atoms with Gasteiger partial charge in [0, 0.05) is 35.2 Å². The van der Waals surface area contributed by atoms with E-state index in [4.69, 9.17) is 16.9 Å². The van der Waals surface area contributed by atoms with Gasteiger partial charge < -0.3 is 10.3 Å². The quantitative estimate of drug-likeness (QED) is 0.765. The van der Waals surface area contributed by atoms with Crippen molar-refractivity contribution in [3.8, 4) is 6.07 Å². The van der Waals surface area contributed by atoms with Gasteiger partial charge in [-0.25, -0.2) is 0 Å². The molecule has 21 heavy (non-hydrogen) atoms. The van der Waals surface area contributed by atoms with Crippen LogP contribution in [-0.4, -0.2) is 4.98 Å². The van der Waals surface area contributed by atoms with Gasteiger partial charge in [-0.05, 0) is 35.4 Å². The molecule has 3 nitrogen and oxygen atoms in total. The number of halogens is 1. The number of hydrogen-bond donors (Lipinski definition) is 2. The number of nitrogens with zero attached hydrogens (tertiary/aromatic N) is 1. The van der Waals surface area contributed by atoms with E-state index in [2.05, 4.69) is 16.4 Å². The lowest BCUT2D eigenvalue weighted by molar-refractivity contribution is 0.696. The fourth-order valence-corrected chi connectivity index (χ4v) is 2.57. The van der Waals surface area contributed by atoms with Crippen LogP contribution in [0.25, 0.3) is 10.9 Å². The first-order valence-corrected chi connectivity index (χ1v) is 7.09. The number of aromatic amines is 1. The second-order valence-electron chi connectivity index (χ2n) is 4.92. The van der Waals surface area contributed by atoms with Crippen molar-refractivity contribution < 1.29 is 0 Å². The molecule has 0 aliphatic rings. The highest BCUT2D eigenvalue weighted by Crippen LogP contribution is 2.21. The molecule has 0 fully saturated rings. The van der Waals surface area contributed by atoms with E-state index in [1.807, 2.05) is 48.7 Å². The zero-order chi connectivity index (χ0) is 14.7. The Hall–Kier alpha value is -2.28. The fraction of sp³-hybridized carbons (Fsp3) is 0.118. The van der Waals surface area contributed by atoms with Crippen molar-refractivity contribution in [1.29, 1.82) is 5.26 Å². The molecule has 3 rings (SSSR count). The van der Waals surface area contributed by atoms with Gasteiger partial charge in [-0.15, -0.1) is 0 Å². The van der Waals surface area contributed by atoms with Crippen LogP contribution in [0.2, 0.25) is 5.02 Å². The maximum Gasteiger partial charge on any atom is 0.0991 e. The summed E-state index contributed by atoms with van der Waals surface area (Å²) in [5, 5.41) is 14.2. The maximum atomic E-state index is 8.89. The average molecular weight is 296 g/mol. The SMILES string of the molecule is N#Cc1cccc(CNCc2c[nH]c3cc(Cl)ccc23)c1. The number of rotatable bonds is 4. The molecule has 3 aromatic rings. The molecule has 0 atom stereocenters. The van der Waals surface area contributed by atoms with E-state index in [9.17, 15) is 0 Å². The largest absolute Gasteiger partial charge is 0.361 e. The second kappa shape index (κ2) is 6.01. The molecule has 1 aromatic heterocycles. The van der Waals surface area contributed by atoms with Crippen LogP contribution in [0.1, 0.15) is 16.7 Å². The minimum absolute atomic E-state index is 0.691. The van der Waals surface area contributed by atoms with E-state index in [-0.39, 0.29) is 0 Å². The number of nitrogens with one attached hydrogen (secondary N) is 2. The lowest BCUT2D eigenvalue weighted by Crippen LogP contribution is -2.12. The minimum atomic E-state index is 0.691. The first-order valence-electron chi connectivity index (χ1n) is 6.71. The third-order valence-electron chi connectivity index (χ3n) is 3.43. The summed E-state index contributed by atoms with van der Waals surface area (Å²) in [5.41, 5.74) is 4.05. The Labute approximate surface area is 128 Å². The monoisotopic (exact) mass is 295 g/mol. The van der Waals surface area contributed by atoms with E-state index >= 15 is 0 Å². The summed E-state index contributed by atoms with van der Waals surface area (Å²) in [6.07, 6.45) is 2.00. The lowest BCUT2D eigenvalue weighted by atomic mass is 10.1. The first kappa shape index (κ1) is 13.7. The van der Waals surface area contributed by atoms with Crippen LogP contribution in [-0.2, 0) is 13.1 Å². The summed E-state index contributed by atoms with van der Waals surface area (Å²) in [6, 6.07) is 15.7. The molecule has 0 unspecified atom stereocenters. The molecule has 0 spiro atoms. The van der Waals surface area contributed by atoms with Crippen LogP contribution in [0.4, 0.5) is 0 Å². The minimum Gasteiger partial charge on any atom is -0.361 e. The standard InChI is InChI=1S/C17H14ClN3/c18-15-4-5-16-14(11-21-17(16)7-15)10-20-9-13-3-1-2-12(6-13)8-19/h1-7,11,20-21H,9-10H2. The molecule has 0 aliphatic heterocycles. The van der Waals surface area contributed by atoms with Gasteiger partial charge in [-0.3, -0.25) is 0 Å². The summed E-state index contributed by atoms with van der Waals surface area (Å²) in [4.78, 5) is 3.23. The number of H-pyrrole nitrogens is 1. The zero-order valence-corrected chi connectivity index (χ0v) is 12.1. The third kappa shape index (κ3) is 3.08. The number of aromatic nitrogens is 1.